The van der Waals surface area contributed by atoms with Crippen molar-refractivity contribution in [3.63, 3.8) is 0 Å². The normalized spacial score (nSPS) is 10.9. The average Bonchev–Trinajstić information content (AvgIpc) is 2.39. The zero-order valence-electron chi connectivity index (χ0n) is 10.2. The Bertz CT molecular complexity index is 729. The van der Waals surface area contributed by atoms with Crippen molar-refractivity contribution < 1.29 is 5.11 Å². The van der Waals surface area contributed by atoms with E-state index >= 15 is 0 Å². The Balaban J connectivity index is 2.18. The molecule has 0 saturated heterocycles. The number of anilines is 1. The van der Waals surface area contributed by atoms with Crippen molar-refractivity contribution in [3.8, 4) is 5.75 Å². The number of aromatic nitrogens is 3. The largest absolute Gasteiger partial charge is 0.506 e. The van der Waals surface area contributed by atoms with E-state index in [1.54, 1.807) is 19.1 Å². The lowest BCUT2D eigenvalue weighted by Crippen LogP contribution is -2.15. The zero-order chi connectivity index (χ0) is 14.7. The summed E-state index contributed by atoms with van der Waals surface area (Å²) in [7, 11) is 0. The first-order valence-electron chi connectivity index (χ1n) is 5.38. The number of aromatic amines is 1. The van der Waals surface area contributed by atoms with Crippen molar-refractivity contribution in [3.05, 3.63) is 42.7 Å². The van der Waals surface area contributed by atoms with Crippen molar-refractivity contribution in [1.29, 1.82) is 0 Å². The van der Waals surface area contributed by atoms with Crippen LogP contribution in [0.25, 0.3) is 0 Å². The number of halogens is 2. The number of aromatic hydroxyl groups is 1. The predicted molar refractivity (Wildman–Crippen MR) is 82.1 cm³/mol. The SMILES string of the molecule is Cc1nnc(NN=Cc2cc(Br)cc(Br)c2O)[nH]c1=O. The van der Waals surface area contributed by atoms with Crippen molar-refractivity contribution in [1.82, 2.24) is 15.2 Å². The van der Waals surface area contributed by atoms with Gasteiger partial charge in [0.25, 0.3) is 5.56 Å². The minimum Gasteiger partial charge on any atom is -0.506 e. The number of hydrogen-bond acceptors (Lipinski definition) is 6. The lowest BCUT2D eigenvalue weighted by Gasteiger charge is -2.03. The van der Waals surface area contributed by atoms with Crippen LogP contribution < -0.4 is 11.0 Å². The van der Waals surface area contributed by atoms with Crippen LogP contribution in [0.1, 0.15) is 11.3 Å². The van der Waals surface area contributed by atoms with Gasteiger partial charge in [0.05, 0.1) is 10.7 Å². The van der Waals surface area contributed by atoms with Crippen LogP contribution in [0.3, 0.4) is 0 Å². The summed E-state index contributed by atoms with van der Waals surface area (Å²) in [4.78, 5) is 13.8. The molecule has 9 heteroatoms. The second-order valence-electron chi connectivity index (χ2n) is 3.78. The molecule has 0 saturated carbocycles. The van der Waals surface area contributed by atoms with E-state index in [-0.39, 0.29) is 23.0 Å². The summed E-state index contributed by atoms with van der Waals surface area (Å²) in [6.07, 6.45) is 1.39. The molecule has 0 aliphatic heterocycles. The minimum absolute atomic E-state index is 0.0576. The number of hydrogen-bond donors (Lipinski definition) is 3. The molecule has 104 valence electrons. The number of nitrogens with zero attached hydrogens (tertiary/aromatic N) is 3. The molecule has 0 unspecified atom stereocenters. The minimum atomic E-state index is -0.342. The fourth-order valence-electron chi connectivity index (χ4n) is 1.29. The van der Waals surface area contributed by atoms with Crippen LogP contribution in [0.4, 0.5) is 5.95 Å². The molecule has 0 amide bonds. The van der Waals surface area contributed by atoms with Gasteiger partial charge in [-0.1, -0.05) is 15.9 Å². The molecule has 0 bridgehead atoms. The Morgan fingerprint density at radius 2 is 2.15 bits per heavy atom. The fourth-order valence-corrected chi connectivity index (χ4v) is 2.55. The molecule has 0 aliphatic rings. The number of nitrogens with one attached hydrogen (secondary N) is 2. The Morgan fingerprint density at radius 1 is 1.40 bits per heavy atom. The highest BCUT2D eigenvalue weighted by Gasteiger charge is 2.05. The molecule has 20 heavy (non-hydrogen) atoms. The number of benzene rings is 1. The van der Waals surface area contributed by atoms with Crippen molar-refractivity contribution in [2.24, 2.45) is 5.10 Å². The van der Waals surface area contributed by atoms with Crippen LogP contribution in [0.2, 0.25) is 0 Å². The number of rotatable bonds is 3. The van der Waals surface area contributed by atoms with Crippen LogP contribution in [0, 0.1) is 6.92 Å². The third-order valence-electron chi connectivity index (χ3n) is 2.29. The summed E-state index contributed by atoms with van der Waals surface area (Å²) in [6.45, 7) is 1.55. The van der Waals surface area contributed by atoms with Gasteiger partial charge in [-0.2, -0.15) is 5.10 Å². The molecule has 0 fully saturated rings. The van der Waals surface area contributed by atoms with Gasteiger partial charge in [-0.15, -0.1) is 10.2 Å². The van der Waals surface area contributed by atoms with Gasteiger partial charge >= 0.3 is 0 Å². The Hall–Kier alpha value is -1.74. The van der Waals surface area contributed by atoms with E-state index in [4.69, 9.17) is 0 Å². The Labute approximate surface area is 130 Å². The second kappa shape index (κ2) is 6.14. The summed E-state index contributed by atoms with van der Waals surface area (Å²) in [5, 5.41) is 21.1. The van der Waals surface area contributed by atoms with Crippen LogP contribution in [0.15, 0.2) is 31.0 Å². The van der Waals surface area contributed by atoms with E-state index < -0.39 is 0 Å². The lowest BCUT2D eigenvalue weighted by atomic mass is 10.2. The molecule has 1 heterocycles. The predicted octanol–water partition coefficient (Wildman–Crippen LogP) is 2.15. The van der Waals surface area contributed by atoms with Gasteiger partial charge in [-0.25, -0.2) is 5.43 Å². The quantitative estimate of drug-likeness (QED) is 0.539. The van der Waals surface area contributed by atoms with E-state index in [9.17, 15) is 9.90 Å². The van der Waals surface area contributed by atoms with Crippen LogP contribution >= 0.6 is 31.9 Å². The van der Waals surface area contributed by atoms with Crippen molar-refractivity contribution in [2.45, 2.75) is 6.92 Å². The third-order valence-corrected chi connectivity index (χ3v) is 3.35. The van der Waals surface area contributed by atoms with E-state index in [0.29, 0.717) is 10.0 Å². The summed E-state index contributed by atoms with van der Waals surface area (Å²) >= 11 is 6.53. The van der Waals surface area contributed by atoms with Gasteiger partial charge in [0.15, 0.2) is 0 Å². The number of phenols is 1. The van der Waals surface area contributed by atoms with Crippen LogP contribution in [-0.4, -0.2) is 26.5 Å². The molecule has 0 aliphatic carbocycles. The van der Waals surface area contributed by atoms with E-state index in [1.807, 2.05) is 0 Å². The highest BCUT2D eigenvalue weighted by atomic mass is 79.9. The molecule has 2 rings (SSSR count). The van der Waals surface area contributed by atoms with Crippen LogP contribution in [-0.2, 0) is 0 Å². The number of phenolic OH excluding ortho intramolecular Hbond substituents is 1. The third kappa shape index (κ3) is 3.42. The molecule has 0 spiro atoms. The van der Waals surface area contributed by atoms with E-state index in [1.165, 1.54) is 6.21 Å². The van der Waals surface area contributed by atoms with Gasteiger partial charge < -0.3 is 5.11 Å². The molecule has 0 radical (unpaired) electrons. The van der Waals surface area contributed by atoms with Gasteiger partial charge in [-0.05, 0) is 35.0 Å². The van der Waals surface area contributed by atoms with Crippen LogP contribution in [0.5, 0.6) is 5.75 Å². The Morgan fingerprint density at radius 3 is 2.85 bits per heavy atom. The maximum atomic E-state index is 11.3. The van der Waals surface area contributed by atoms with Gasteiger partial charge in [0.2, 0.25) is 5.95 Å². The molecule has 0 atom stereocenters. The first-order valence-corrected chi connectivity index (χ1v) is 6.96. The first-order chi connectivity index (χ1) is 9.47. The highest BCUT2D eigenvalue weighted by molar-refractivity contribution is 9.11. The molecule has 1 aromatic heterocycles. The number of H-pyrrole nitrogens is 1. The summed E-state index contributed by atoms with van der Waals surface area (Å²) in [6, 6.07) is 3.40. The maximum Gasteiger partial charge on any atom is 0.274 e. The van der Waals surface area contributed by atoms with Gasteiger partial charge in [-0.3, -0.25) is 9.78 Å². The smallest absolute Gasteiger partial charge is 0.274 e. The number of hydrazone groups is 1. The molecule has 2 aromatic rings. The van der Waals surface area contributed by atoms with E-state index in [2.05, 4.69) is 57.6 Å². The lowest BCUT2D eigenvalue weighted by molar-refractivity contribution is 0.471. The fraction of sp³-hybridized carbons (Fsp3) is 0.0909. The topological polar surface area (TPSA) is 103 Å². The average molecular weight is 403 g/mol. The standard InChI is InChI=1S/C11H9Br2N5O2/c1-5-10(20)15-11(18-16-5)17-14-4-6-2-7(12)3-8(13)9(6)19/h2-4,19H,1H3,(H2,15,17,18,20). The molecule has 1 aromatic carbocycles. The second-order valence-corrected chi connectivity index (χ2v) is 5.55. The molecular formula is C11H9Br2N5O2. The zero-order valence-corrected chi connectivity index (χ0v) is 13.4. The molecule has 7 nitrogen and oxygen atoms in total. The Kier molecular flexibility index (Phi) is 4.50. The monoisotopic (exact) mass is 401 g/mol. The van der Waals surface area contributed by atoms with E-state index in [0.717, 1.165) is 4.47 Å². The van der Waals surface area contributed by atoms with Crippen molar-refractivity contribution in [2.75, 3.05) is 5.43 Å². The number of aryl methyl sites for hydroxylation is 1. The summed E-state index contributed by atoms with van der Waals surface area (Å²) in [5.74, 6) is 0.174. The molecular weight excluding hydrogens is 394 g/mol. The first kappa shape index (κ1) is 14.7. The summed E-state index contributed by atoms with van der Waals surface area (Å²) in [5.41, 5.74) is 2.94. The highest BCUT2D eigenvalue weighted by Crippen LogP contribution is 2.30. The van der Waals surface area contributed by atoms with Gasteiger partial charge in [0, 0.05) is 10.0 Å². The summed E-state index contributed by atoms with van der Waals surface area (Å²) < 4.78 is 1.32. The molecule has 3 N–H and O–H groups in total. The maximum absolute atomic E-state index is 11.3. The van der Waals surface area contributed by atoms with Crippen molar-refractivity contribution >= 4 is 44.0 Å². The van der Waals surface area contributed by atoms with Gasteiger partial charge in [0.1, 0.15) is 11.4 Å².